The third-order valence-corrected chi connectivity index (χ3v) is 10.0. The second-order valence-electron chi connectivity index (χ2n) is 8.21. The number of hydrogen-bond acceptors (Lipinski definition) is 1. The topological polar surface area (TPSA) is 20.2 Å². The van der Waals surface area contributed by atoms with Crippen LogP contribution in [-0.2, 0) is 0 Å². The van der Waals surface area contributed by atoms with Crippen LogP contribution < -0.4 is 0 Å². The molecule has 0 aliphatic heterocycles. The van der Waals surface area contributed by atoms with E-state index in [0.717, 1.165) is 24.6 Å². The van der Waals surface area contributed by atoms with Gasteiger partial charge in [0.05, 0.1) is 0 Å². The summed E-state index contributed by atoms with van der Waals surface area (Å²) in [5, 5.41) is 0. The van der Waals surface area contributed by atoms with E-state index in [9.17, 15) is 4.89 Å². The van der Waals surface area contributed by atoms with E-state index in [1.807, 2.05) is 0 Å². The average Bonchev–Trinajstić information content (AvgIpc) is 1.92. The van der Waals surface area contributed by atoms with Gasteiger partial charge in [-0.1, -0.05) is 0 Å². The van der Waals surface area contributed by atoms with Gasteiger partial charge in [0.2, 0.25) is 0 Å². The molecule has 0 atom stereocenters. The molecule has 0 aliphatic carbocycles. The first-order chi connectivity index (χ1) is 7.96. The average molecular weight is 276 g/mol. The van der Waals surface area contributed by atoms with Crippen molar-refractivity contribution >= 4 is 6.83 Å². The van der Waals surface area contributed by atoms with Gasteiger partial charge >= 0.3 is 115 Å². The van der Waals surface area contributed by atoms with E-state index in [0.29, 0.717) is 23.7 Å². The second kappa shape index (κ2) is 6.71. The Morgan fingerprint density at radius 2 is 0.722 bits per heavy atom. The quantitative estimate of drug-likeness (QED) is 0.614. The van der Waals surface area contributed by atoms with Gasteiger partial charge in [-0.3, -0.25) is 0 Å². The molecule has 0 fully saturated rings. The van der Waals surface area contributed by atoms with Gasteiger partial charge < -0.3 is 0 Å². The van der Waals surface area contributed by atoms with Crippen molar-refractivity contribution in [1.82, 2.24) is 0 Å². The predicted molar refractivity (Wildman–Crippen MR) is 88.0 cm³/mol. The molecule has 0 aliphatic rings. The molecule has 1 nitrogen and oxygen atoms in total. The van der Waals surface area contributed by atoms with E-state index in [2.05, 4.69) is 55.4 Å². The summed E-state index contributed by atoms with van der Waals surface area (Å²) < 4.78 is 0. The Bertz CT molecular complexity index is 192. The van der Waals surface area contributed by atoms with Crippen LogP contribution in [0.25, 0.3) is 0 Å². The molecule has 0 saturated carbocycles. The van der Waals surface area contributed by atoms with Crippen LogP contribution in [0, 0.1) is 23.7 Å². The molecule has 2 heteroatoms. The third-order valence-electron chi connectivity index (χ3n) is 3.34. The fourth-order valence-electron chi connectivity index (χ4n) is 4.20. The first-order valence-corrected chi connectivity index (χ1v) is 10.6. The maximum absolute atomic E-state index is 11.8. The first-order valence-electron chi connectivity index (χ1n) is 7.72. The second-order valence-corrected chi connectivity index (χ2v) is 13.5. The molecule has 0 rings (SSSR count). The van der Waals surface area contributed by atoms with Crippen molar-refractivity contribution in [2.45, 2.75) is 55.4 Å². The molecule has 0 aromatic rings. The summed E-state index contributed by atoms with van der Waals surface area (Å²) in [5.74, 6) is 2.40. The molecule has 0 aromatic carbocycles. The molecule has 0 unspecified atom stereocenters. The SMILES string of the molecule is CC(C)CP(O)(CC(C)C)(CC(C)C)CC(C)C. The normalized spacial score (nSPS) is 15.7. The molecule has 0 radical (unpaired) electrons. The Morgan fingerprint density at radius 3 is 0.833 bits per heavy atom. The van der Waals surface area contributed by atoms with Crippen molar-refractivity contribution < 1.29 is 4.89 Å². The van der Waals surface area contributed by atoms with E-state index in [1.54, 1.807) is 0 Å². The van der Waals surface area contributed by atoms with Gasteiger partial charge in [-0.2, -0.15) is 0 Å². The van der Waals surface area contributed by atoms with E-state index < -0.39 is 6.83 Å². The number of rotatable bonds is 8. The summed E-state index contributed by atoms with van der Waals surface area (Å²) >= 11 is 0. The van der Waals surface area contributed by atoms with E-state index in [4.69, 9.17) is 0 Å². The number of hydrogen-bond donors (Lipinski definition) is 1. The zero-order valence-corrected chi connectivity index (χ0v) is 14.9. The molecule has 0 spiro atoms. The van der Waals surface area contributed by atoms with Crippen molar-refractivity contribution in [1.29, 1.82) is 0 Å². The molecule has 1 N–H and O–H groups in total. The van der Waals surface area contributed by atoms with Crippen molar-refractivity contribution in [3.8, 4) is 0 Å². The fourth-order valence-corrected chi connectivity index (χ4v) is 12.6. The summed E-state index contributed by atoms with van der Waals surface area (Å²) in [4.78, 5) is 11.8. The molecule has 0 heterocycles. The van der Waals surface area contributed by atoms with Crippen LogP contribution in [0.2, 0.25) is 0 Å². The molecular weight excluding hydrogens is 239 g/mol. The molecule has 0 saturated heterocycles. The monoisotopic (exact) mass is 276 g/mol. The van der Waals surface area contributed by atoms with Gasteiger partial charge in [0.15, 0.2) is 0 Å². The van der Waals surface area contributed by atoms with Crippen molar-refractivity contribution in [3.63, 3.8) is 0 Å². The van der Waals surface area contributed by atoms with E-state index in [-0.39, 0.29) is 0 Å². The van der Waals surface area contributed by atoms with Crippen LogP contribution >= 0.6 is 6.83 Å². The Kier molecular flexibility index (Phi) is 6.85. The van der Waals surface area contributed by atoms with Gasteiger partial charge in [-0.25, -0.2) is 0 Å². The zero-order chi connectivity index (χ0) is 14.6. The van der Waals surface area contributed by atoms with Crippen LogP contribution in [-0.4, -0.2) is 29.5 Å². The summed E-state index contributed by atoms with van der Waals surface area (Å²) in [7, 11) is 0. The zero-order valence-electron chi connectivity index (χ0n) is 14.0. The summed E-state index contributed by atoms with van der Waals surface area (Å²) in [6, 6.07) is 0. The summed E-state index contributed by atoms with van der Waals surface area (Å²) in [5.41, 5.74) is 0. The van der Waals surface area contributed by atoms with Gasteiger partial charge in [0, 0.05) is 0 Å². The minimum absolute atomic E-state index is 0.601. The maximum atomic E-state index is 11.8. The minimum atomic E-state index is -2.53. The molecule has 0 amide bonds. The van der Waals surface area contributed by atoms with Crippen LogP contribution in [0.15, 0.2) is 0 Å². The Morgan fingerprint density at radius 1 is 0.556 bits per heavy atom. The Balaban J connectivity index is 5.35. The van der Waals surface area contributed by atoms with Crippen molar-refractivity contribution in [2.75, 3.05) is 24.6 Å². The van der Waals surface area contributed by atoms with Crippen molar-refractivity contribution in [2.24, 2.45) is 23.7 Å². The summed E-state index contributed by atoms with van der Waals surface area (Å²) in [6.07, 6.45) is 4.22. The van der Waals surface area contributed by atoms with E-state index in [1.165, 1.54) is 0 Å². The van der Waals surface area contributed by atoms with Crippen LogP contribution in [0.3, 0.4) is 0 Å². The predicted octanol–water partition coefficient (Wildman–Crippen LogP) is 5.07. The molecular formula is C16H37OP. The third kappa shape index (κ3) is 6.53. The van der Waals surface area contributed by atoms with Crippen LogP contribution in [0.4, 0.5) is 0 Å². The Labute approximate surface area is 116 Å². The molecule has 0 aromatic heterocycles. The van der Waals surface area contributed by atoms with E-state index >= 15 is 0 Å². The molecule has 18 heavy (non-hydrogen) atoms. The van der Waals surface area contributed by atoms with Gasteiger partial charge in [-0.05, 0) is 0 Å². The van der Waals surface area contributed by atoms with Crippen molar-refractivity contribution in [3.05, 3.63) is 0 Å². The van der Waals surface area contributed by atoms with Gasteiger partial charge in [-0.15, -0.1) is 0 Å². The first kappa shape index (κ1) is 18.4. The van der Waals surface area contributed by atoms with Crippen LogP contribution in [0.5, 0.6) is 0 Å². The fraction of sp³-hybridized carbons (Fsp3) is 1.00. The molecule has 0 bridgehead atoms. The van der Waals surface area contributed by atoms with Gasteiger partial charge in [0.25, 0.3) is 0 Å². The van der Waals surface area contributed by atoms with Gasteiger partial charge in [0.1, 0.15) is 0 Å². The Hall–Kier alpha value is 0.390. The van der Waals surface area contributed by atoms with Crippen LogP contribution in [0.1, 0.15) is 55.4 Å². The standard InChI is InChI=1S/C16H37OP/c1-13(2)9-18(17,10-14(3)4,11-15(5)6)12-16(7)8/h13-17H,9-12H2,1-8H3. The summed E-state index contributed by atoms with van der Waals surface area (Å²) in [6.45, 7) is 15.6. The molecule has 112 valence electrons.